The zero-order valence-electron chi connectivity index (χ0n) is 9.59. The van der Waals surface area contributed by atoms with E-state index in [0.717, 1.165) is 9.21 Å². The van der Waals surface area contributed by atoms with Crippen LogP contribution in [0.15, 0.2) is 41.4 Å². The molecule has 0 saturated carbocycles. The molecular weight excluding hydrogens is 270 g/mol. The van der Waals surface area contributed by atoms with E-state index in [-0.39, 0.29) is 5.97 Å². The SMILES string of the molecule is COC(=O)c1cccc(N=Cc2ccc(Cl)s2)c1. The predicted octanol–water partition coefficient (Wildman–Crippen LogP) is 3.94. The molecule has 92 valence electrons. The van der Waals surface area contributed by atoms with Crippen molar-refractivity contribution in [2.45, 2.75) is 0 Å². The molecule has 0 aliphatic rings. The largest absolute Gasteiger partial charge is 0.465 e. The molecule has 0 atom stereocenters. The number of ether oxygens (including phenoxy) is 1. The summed E-state index contributed by atoms with van der Waals surface area (Å²) >= 11 is 7.27. The average molecular weight is 280 g/mol. The first-order valence-corrected chi connectivity index (χ1v) is 6.36. The van der Waals surface area contributed by atoms with E-state index in [0.29, 0.717) is 11.3 Å². The summed E-state index contributed by atoms with van der Waals surface area (Å²) in [5.74, 6) is -0.369. The van der Waals surface area contributed by atoms with Crippen LogP contribution >= 0.6 is 22.9 Å². The third-order valence-electron chi connectivity index (χ3n) is 2.20. The summed E-state index contributed by atoms with van der Waals surface area (Å²) in [7, 11) is 1.35. The van der Waals surface area contributed by atoms with E-state index >= 15 is 0 Å². The number of benzene rings is 1. The molecule has 0 spiro atoms. The molecule has 1 heterocycles. The number of thiophene rings is 1. The fourth-order valence-corrected chi connectivity index (χ4v) is 2.30. The number of nitrogens with zero attached hydrogens (tertiary/aromatic N) is 1. The monoisotopic (exact) mass is 279 g/mol. The van der Waals surface area contributed by atoms with Gasteiger partial charge in [-0.1, -0.05) is 17.7 Å². The van der Waals surface area contributed by atoms with Gasteiger partial charge in [0.2, 0.25) is 0 Å². The van der Waals surface area contributed by atoms with Crippen molar-refractivity contribution in [1.29, 1.82) is 0 Å². The summed E-state index contributed by atoms with van der Waals surface area (Å²) in [6, 6.07) is 10.7. The first kappa shape index (κ1) is 12.8. The minimum Gasteiger partial charge on any atom is -0.465 e. The third kappa shape index (κ3) is 3.18. The van der Waals surface area contributed by atoms with Crippen LogP contribution in [0.25, 0.3) is 0 Å². The van der Waals surface area contributed by atoms with Crippen molar-refractivity contribution in [1.82, 2.24) is 0 Å². The first-order chi connectivity index (χ1) is 8.69. The minimum absolute atomic E-state index is 0.369. The van der Waals surface area contributed by atoms with E-state index in [1.807, 2.05) is 18.2 Å². The van der Waals surface area contributed by atoms with Crippen LogP contribution in [-0.4, -0.2) is 19.3 Å². The van der Waals surface area contributed by atoms with Crippen LogP contribution in [0.2, 0.25) is 4.34 Å². The zero-order valence-corrected chi connectivity index (χ0v) is 11.2. The quantitative estimate of drug-likeness (QED) is 0.630. The summed E-state index contributed by atoms with van der Waals surface area (Å²) in [5, 5.41) is 0. The number of halogens is 1. The average Bonchev–Trinajstić information content (AvgIpc) is 2.81. The predicted molar refractivity (Wildman–Crippen MR) is 74.4 cm³/mol. The highest BCUT2D eigenvalue weighted by Gasteiger charge is 2.04. The van der Waals surface area contributed by atoms with Gasteiger partial charge in [-0.3, -0.25) is 4.99 Å². The lowest BCUT2D eigenvalue weighted by atomic mass is 10.2. The number of esters is 1. The van der Waals surface area contributed by atoms with Gasteiger partial charge in [-0.25, -0.2) is 4.79 Å². The molecule has 0 saturated heterocycles. The zero-order chi connectivity index (χ0) is 13.0. The van der Waals surface area contributed by atoms with Gasteiger partial charge in [0.1, 0.15) is 0 Å². The van der Waals surface area contributed by atoms with Crippen LogP contribution in [0, 0.1) is 0 Å². The molecule has 2 rings (SSSR count). The van der Waals surface area contributed by atoms with Crippen molar-refractivity contribution in [2.75, 3.05) is 7.11 Å². The van der Waals surface area contributed by atoms with E-state index < -0.39 is 0 Å². The van der Waals surface area contributed by atoms with Crippen molar-refractivity contribution in [3.8, 4) is 0 Å². The van der Waals surface area contributed by atoms with Crippen LogP contribution in [0.1, 0.15) is 15.2 Å². The molecule has 0 amide bonds. The van der Waals surface area contributed by atoms with Crippen LogP contribution in [-0.2, 0) is 4.74 Å². The molecule has 0 unspecified atom stereocenters. The van der Waals surface area contributed by atoms with Gasteiger partial charge in [0, 0.05) is 11.1 Å². The van der Waals surface area contributed by atoms with Crippen molar-refractivity contribution in [2.24, 2.45) is 4.99 Å². The van der Waals surface area contributed by atoms with Gasteiger partial charge >= 0.3 is 5.97 Å². The van der Waals surface area contributed by atoms with Crippen molar-refractivity contribution >= 4 is 40.8 Å². The molecule has 1 aromatic heterocycles. The minimum atomic E-state index is -0.369. The van der Waals surface area contributed by atoms with Gasteiger partial charge < -0.3 is 4.74 Å². The van der Waals surface area contributed by atoms with Crippen molar-refractivity contribution in [3.05, 3.63) is 51.2 Å². The second kappa shape index (κ2) is 5.80. The van der Waals surface area contributed by atoms with E-state index in [4.69, 9.17) is 11.6 Å². The molecule has 0 aliphatic heterocycles. The van der Waals surface area contributed by atoms with Gasteiger partial charge in [0.15, 0.2) is 0 Å². The molecule has 0 N–H and O–H groups in total. The Kier molecular flexibility index (Phi) is 4.12. The summed E-state index contributed by atoms with van der Waals surface area (Å²) in [4.78, 5) is 16.6. The highest BCUT2D eigenvalue weighted by Crippen LogP contribution is 2.21. The molecule has 0 aliphatic carbocycles. The smallest absolute Gasteiger partial charge is 0.337 e. The van der Waals surface area contributed by atoms with Crippen molar-refractivity contribution in [3.63, 3.8) is 0 Å². The Bertz CT molecular complexity index is 592. The maximum atomic E-state index is 11.4. The van der Waals surface area contributed by atoms with Gasteiger partial charge in [-0.2, -0.15) is 0 Å². The number of aliphatic imine (C=N–C) groups is 1. The Hall–Kier alpha value is -1.65. The highest BCUT2D eigenvalue weighted by atomic mass is 35.5. The number of hydrogen-bond donors (Lipinski definition) is 0. The number of methoxy groups -OCH3 is 1. The maximum Gasteiger partial charge on any atom is 0.337 e. The first-order valence-electron chi connectivity index (χ1n) is 5.17. The van der Waals surface area contributed by atoms with Crippen LogP contribution in [0.4, 0.5) is 5.69 Å². The molecule has 5 heteroatoms. The van der Waals surface area contributed by atoms with Crippen LogP contribution < -0.4 is 0 Å². The Labute approximate surface area is 114 Å². The molecule has 1 aromatic carbocycles. The van der Waals surface area contributed by atoms with Gasteiger partial charge in [-0.15, -0.1) is 11.3 Å². The molecule has 18 heavy (non-hydrogen) atoms. The van der Waals surface area contributed by atoms with E-state index in [1.165, 1.54) is 18.4 Å². The summed E-state index contributed by atoms with van der Waals surface area (Å²) in [5.41, 5.74) is 1.18. The number of carbonyl (C=O) groups is 1. The van der Waals surface area contributed by atoms with Crippen molar-refractivity contribution < 1.29 is 9.53 Å². The summed E-state index contributed by atoms with van der Waals surface area (Å²) < 4.78 is 5.37. The van der Waals surface area contributed by atoms with Crippen LogP contribution in [0.5, 0.6) is 0 Å². The maximum absolute atomic E-state index is 11.4. The highest BCUT2D eigenvalue weighted by molar-refractivity contribution is 7.17. The standard InChI is InChI=1S/C13H10ClNO2S/c1-17-13(16)9-3-2-4-10(7-9)15-8-11-5-6-12(14)18-11/h2-8H,1H3. The summed E-state index contributed by atoms with van der Waals surface area (Å²) in [6.45, 7) is 0. The van der Waals surface area contributed by atoms with Gasteiger partial charge in [0.25, 0.3) is 0 Å². The fourth-order valence-electron chi connectivity index (χ4n) is 1.37. The molecular formula is C13H10ClNO2S. The Morgan fingerprint density at radius 2 is 2.22 bits per heavy atom. The fraction of sp³-hybridized carbons (Fsp3) is 0.0769. The van der Waals surface area contributed by atoms with Crippen LogP contribution in [0.3, 0.4) is 0 Å². The van der Waals surface area contributed by atoms with E-state index in [2.05, 4.69) is 9.73 Å². The van der Waals surface area contributed by atoms with E-state index in [1.54, 1.807) is 24.4 Å². The molecule has 0 fully saturated rings. The second-order valence-electron chi connectivity index (χ2n) is 3.44. The topological polar surface area (TPSA) is 38.7 Å². The lowest BCUT2D eigenvalue weighted by Crippen LogP contribution is -1.99. The normalized spacial score (nSPS) is 10.8. The summed E-state index contributed by atoms with van der Waals surface area (Å²) in [6.07, 6.45) is 1.72. The Morgan fingerprint density at radius 3 is 2.89 bits per heavy atom. The number of hydrogen-bond acceptors (Lipinski definition) is 4. The lowest BCUT2D eigenvalue weighted by Gasteiger charge is -1.99. The van der Waals surface area contributed by atoms with E-state index in [9.17, 15) is 4.79 Å². The third-order valence-corrected chi connectivity index (χ3v) is 3.37. The second-order valence-corrected chi connectivity index (χ2v) is 5.19. The van der Waals surface area contributed by atoms with Gasteiger partial charge in [0.05, 0.1) is 22.7 Å². The molecule has 2 aromatic rings. The molecule has 0 radical (unpaired) electrons. The molecule has 0 bridgehead atoms. The number of rotatable bonds is 3. The van der Waals surface area contributed by atoms with Gasteiger partial charge in [-0.05, 0) is 30.3 Å². The number of carbonyl (C=O) groups excluding carboxylic acids is 1. The lowest BCUT2D eigenvalue weighted by molar-refractivity contribution is 0.0601. The Morgan fingerprint density at radius 1 is 1.39 bits per heavy atom. The molecule has 3 nitrogen and oxygen atoms in total. The Balaban J connectivity index is 2.19.